The van der Waals surface area contributed by atoms with Gasteiger partial charge in [0.1, 0.15) is 0 Å². The van der Waals surface area contributed by atoms with Crippen LogP contribution < -0.4 is 5.32 Å². The molecule has 0 radical (unpaired) electrons. The SMILES string of the molecule is CCCCCCCCCCCCCCCCCC(O)C(CO)NC(=O)CCCCCCCCCCCCCCCCCCC/C=C\CCCCCCCCCCCCCCCCOC(=O)CCCCCCCCCCCCC. The van der Waals surface area contributed by atoms with Crippen LogP contribution in [0.5, 0.6) is 0 Å². The molecule has 2 atom stereocenters. The van der Waals surface area contributed by atoms with Crippen LogP contribution in [0, 0.1) is 0 Å². The average Bonchev–Trinajstić information content (AvgIpc) is 3.44. The topological polar surface area (TPSA) is 95.9 Å². The number of hydrogen-bond acceptors (Lipinski definition) is 5. The number of carbonyl (C=O) groups excluding carboxylic acids is 2. The minimum absolute atomic E-state index is 0.0207. The molecule has 0 aromatic carbocycles. The summed E-state index contributed by atoms with van der Waals surface area (Å²) in [6.07, 6.45) is 84.2. The van der Waals surface area contributed by atoms with Crippen molar-refractivity contribution in [2.45, 2.75) is 424 Å². The van der Waals surface area contributed by atoms with Crippen molar-refractivity contribution in [3.63, 3.8) is 0 Å². The molecular weight excluding hydrogens is 959 g/mol. The van der Waals surface area contributed by atoms with Gasteiger partial charge in [-0.05, 0) is 51.4 Å². The first-order valence-electron chi connectivity index (χ1n) is 35.9. The maximum absolute atomic E-state index is 12.5. The van der Waals surface area contributed by atoms with Crippen LogP contribution in [0.1, 0.15) is 412 Å². The second kappa shape index (κ2) is 68.1. The van der Waals surface area contributed by atoms with Crippen molar-refractivity contribution in [1.29, 1.82) is 0 Å². The second-order valence-corrected chi connectivity index (χ2v) is 24.9. The van der Waals surface area contributed by atoms with Crippen LogP contribution in [-0.2, 0) is 14.3 Å². The van der Waals surface area contributed by atoms with Crippen LogP contribution in [0.25, 0.3) is 0 Å². The Kier molecular flexibility index (Phi) is 66.9. The molecule has 0 aromatic heterocycles. The minimum Gasteiger partial charge on any atom is -0.466 e. The molecule has 6 heteroatoms. The fourth-order valence-corrected chi connectivity index (χ4v) is 11.6. The zero-order valence-corrected chi connectivity index (χ0v) is 53.2. The lowest BCUT2D eigenvalue weighted by Crippen LogP contribution is -2.45. The predicted octanol–water partition coefficient (Wildman–Crippen LogP) is 23.1. The summed E-state index contributed by atoms with van der Waals surface area (Å²) in [6.45, 7) is 4.99. The molecular formula is C72H141NO5. The van der Waals surface area contributed by atoms with Gasteiger partial charge in [-0.25, -0.2) is 0 Å². The number of carbonyl (C=O) groups is 2. The Balaban J connectivity index is 3.33. The van der Waals surface area contributed by atoms with Gasteiger partial charge in [0.05, 0.1) is 25.4 Å². The van der Waals surface area contributed by atoms with Crippen molar-refractivity contribution in [2.24, 2.45) is 0 Å². The van der Waals surface area contributed by atoms with E-state index in [0.29, 0.717) is 25.9 Å². The standard InChI is InChI=1S/C72H141NO5/c1-3-5-7-9-11-13-15-16-38-41-45-48-52-56-60-64-70(75)69(68-74)73-71(76)65-61-57-53-49-46-42-39-36-34-32-30-28-26-24-22-20-18-17-19-21-23-25-27-29-31-33-35-37-40-43-47-51-55-59-63-67-78-72(77)66-62-58-54-50-44-14-12-10-8-6-4-2/h19,21,69-70,74-75H,3-18,20,22-68H2,1-2H3,(H,73,76)/b21-19-. The second-order valence-electron chi connectivity index (χ2n) is 24.9. The number of esters is 1. The van der Waals surface area contributed by atoms with Crippen LogP contribution in [0.3, 0.4) is 0 Å². The van der Waals surface area contributed by atoms with Gasteiger partial charge >= 0.3 is 5.97 Å². The minimum atomic E-state index is -0.661. The van der Waals surface area contributed by atoms with E-state index in [1.54, 1.807) is 0 Å². The monoisotopic (exact) mass is 1100 g/mol. The summed E-state index contributed by atoms with van der Waals surface area (Å²) in [6, 6.07) is -0.538. The Morgan fingerprint density at radius 2 is 0.603 bits per heavy atom. The highest BCUT2D eigenvalue weighted by molar-refractivity contribution is 5.76. The average molecular weight is 1100 g/mol. The molecule has 3 N–H and O–H groups in total. The molecule has 0 aliphatic heterocycles. The van der Waals surface area contributed by atoms with Gasteiger partial charge in [0.2, 0.25) is 5.91 Å². The van der Waals surface area contributed by atoms with Gasteiger partial charge in [-0.1, -0.05) is 360 Å². The highest BCUT2D eigenvalue weighted by Crippen LogP contribution is 2.19. The number of aliphatic hydroxyl groups excluding tert-OH is 2. The van der Waals surface area contributed by atoms with E-state index < -0.39 is 12.1 Å². The number of ether oxygens (including phenoxy) is 1. The summed E-state index contributed by atoms with van der Waals surface area (Å²) in [5.41, 5.74) is 0. The maximum Gasteiger partial charge on any atom is 0.305 e. The molecule has 0 saturated carbocycles. The van der Waals surface area contributed by atoms with Crippen LogP contribution in [0.4, 0.5) is 0 Å². The quantitative estimate of drug-likeness (QED) is 0.0320. The lowest BCUT2D eigenvalue weighted by atomic mass is 10.0. The van der Waals surface area contributed by atoms with E-state index in [4.69, 9.17) is 4.74 Å². The van der Waals surface area contributed by atoms with Crippen molar-refractivity contribution in [1.82, 2.24) is 5.32 Å². The Morgan fingerprint density at radius 3 is 0.910 bits per heavy atom. The number of unbranched alkanes of at least 4 members (excludes halogenated alkanes) is 55. The molecule has 0 spiro atoms. The molecule has 2 unspecified atom stereocenters. The molecule has 464 valence electrons. The summed E-state index contributed by atoms with van der Waals surface area (Å²) in [5.74, 6) is -0.00727. The molecule has 0 rings (SSSR count). The van der Waals surface area contributed by atoms with E-state index in [1.807, 2.05) is 0 Å². The Morgan fingerprint density at radius 1 is 0.346 bits per heavy atom. The first-order valence-corrected chi connectivity index (χ1v) is 35.9. The number of nitrogens with one attached hydrogen (secondary N) is 1. The highest BCUT2D eigenvalue weighted by atomic mass is 16.5. The third-order valence-corrected chi connectivity index (χ3v) is 17.1. The molecule has 0 aliphatic carbocycles. The van der Waals surface area contributed by atoms with Gasteiger partial charge in [-0.15, -0.1) is 0 Å². The summed E-state index contributed by atoms with van der Waals surface area (Å²) >= 11 is 0. The third kappa shape index (κ3) is 63.8. The van der Waals surface area contributed by atoms with E-state index in [2.05, 4.69) is 31.3 Å². The molecule has 0 aromatic rings. The first kappa shape index (κ1) is 76.6. The molecule has 6 nitrogen and oxygen atoms in total. The van der Waals surface area contributed by atoms with Gasteiger partial charge < -0.3 is 20.3 Å². The summed E-state index contributed by atoms with van der Waals surface area (Å²) < 4.78 is 5.48. The van der Waals surface area contributed by atoms with E-state index >= 15 is 0 Å². The normalized spacial score (nSPS) is 12.5. The molecule has 78 heavy (non-hydrogen) atoms. The highest BCUT2D eigenvalue weighted by Gasteiger charge is 2.20. The van der Waals surface area contributed by atoms with Crippen molar-refractivity contribution in [3.05, 3.63) is 12.2 Å². The van der Waals surface area contributed by atoms with Crippen LogP contribution in [-0.4, -0.2) is 47.4 Å². The number of amides is 1. The predicted molar refractivity (Wildman–Crippen MR) is 343 cm³/mol. The Bertz CT molecular complexity index is 1180. The number of hydrogen-bond donors (Lipinski definition) is 3. The van der Waals surface area contributed by atoms with Gasteiger partial charge in [0.25, 0.3) is 0 Å². The first-order chi connectivity index (χ1) is 38.5. The number of allylic oxidation sites excluding steroid dienone is 2. The molecule has 0 heterocycles. The van der Waals surface area contributed by atoms with E-state index in [1.165, 1.54) is 340 Å². The lowest BCUT2D eigenvalue weighted by Gasteiger charge is -2.22. The smallest absolute Gasteiger partial charge is 0.305 e. The molecule has 0 aliphatic rings. The Labute approximate surface area is 489 Å². The van der Waals surface area contributed by atoms with Crippen molar-refractivity contribution < 1.29 is 24.5 Å². The van der Waals surface area contributed by atoms with E-state index in [0.717, 1.165) is 38.5 Å². The summed E-state index contributed by atoms with van der Waals surface area (Å²) in [7, 11) is 0. The fraction of sp³-hybridized carbons (Fsp3) is 0.944. The van der Waals surface area contributed by atoms with Gasteiger partial charge in [-0.2, -0.15) is 0 Å². The van der Waals surface area contributed by atoms with E-state index in [-0.39, 0.29) is 18.5 Å². The van der Waals surface area contributed by atoms with Gasteiger partial charge in [0, 0.05) is 12.8 Å². The van der Waals surface area contributed by atoms with Crippen molar-refractivity contribution >= 4 is 11.9 Å². The van der Waals surface area contributed by atoms with Crippen molar-refractivity contribution in [2.75, 3.05) is 13.2 Å². The third-order valence-electron chi connectivity index (χ3n) is 17.1. The van der Waals surface area contributed by atoms with Gasteiger partial charge in [0.15, 0.2) is 0 Å². The van der Waals surface area contributed by atoms with Crippen LogP contribution in [0.15, 0.2) is 12.2 Å². The largest absolute Gasteiger partial charge is 0.466 e. The van der Waals surface area contributed by atoms with Crippen LogP contribution >= 0.6 is 0 Å². The summed E-state index contributed by atoms with van der Waals surface area (Å²) in [4.78, 5) is 24.5. The van der Waals surface area contributed by atoms with E-state index in [9.17, 15) is 19.8 Å². The zero-order chi connectivity index (χ0) is 56.4. The molecule has 0 fully saturated rings. The fourth-order valence-electron chi connectivity index (χ4n) is 11.6. The number of rotatable bonds is 68. The molecule has 1 amide bonds. The Hall–Kier alpha value is -1.40. The van der Waals surface area contributed by atoms with Crippen LogP contribution in [0.2, 0.25) is 0 Å². The molecule has 0 bridgehead atoms. The van der Waals surface area contributed by atoms with Gasteiger partial charge in [-0.3, -0.25) is 9.59 Å². The zero-order valence-electron chi connectivity index (χ0n) is 53.2. The number of aliphatic hydroxyl groups is 2. The lowest BCUT2D eigenvalue weighted by molar-refractivity contribution is -0.143. The van der Waals surface area contributed by atoms with Crippen molar-refractivity contribution in [3.8, 4) is 0 Å². The summed E-state index contributed by atoms with van der Waals surface area (Å²) in [5, 5.41) is 23.3. The maximum atomic E-state index is 12.5. The molecule has 0 saturated heterocycles.